The number of thiazole rings is 1. The third kappa shape index (κ3) is 5.46. The number of thioether (sulfide) groups is 2. The van der Waals surface area contributed by atoms with Gasteiger partial charge in [0.2, 0.25) is 5.91 Å². The van der Waals surface area contributed by atoms with Crippen LogP contribution < -0.4 is 16.5 Å². The van der Waals surface area contributed by atoms with E-state index in [0.717, 1.165) is 58.3 Å². The summed E-state index contributed by atoms with van der Waals surface area (Å²) in [4.78, 5) is 55.6. The number of aliphatic carboxylic acids is 1. The Kier molecular flexibility index (Phi) is 7.99. The molecule has 220 valence electrons. The van der Waals surface area contributed by atoms with E-state index in [9.17, 15) is 42.7 Å². The molecule has 0 aliphatic carbocycles. The first-order valence-corrected chi connectivity index (χ1v) is 15.4. The van der Waals surface area contributed by atoms with E-state index in [2.05, 4.69) is 15.5 Å². The number of carbonyl (C=O) groups is 3. The van der Waals surface area contributed by atoms with Gasteiger partial charge >= 0.3 is 12.1 Å². The Balaban J connectivity index is 1.28. The summed E-state index contributed by atoms with van der Waals surface area (Å²) in [7, 11) is 0. The molecule has 5 N–H and O–H groups in total. The number of nitrogen functional groups attached to an aromatic ring is 1. The number of carboxylic acid groups (broad SMARTS) is 1. The van der Waals surface area contributed by atoms with Gasteiger partial charge < -0.3 is 26.3 Å². The maximum atomic E-state index is 13.3. The number of halogens is 3. The summed E-state index contributed by atoms with van der Waals surface area (Å²) < 4.78 is 40.5. The summed E-state index contributed by atoms with van der Waals surface area (Å²) in [5.74, 6) is -2.56. The Morgan fingerprint density at radius 2 is 2.07 bits per heavy atom. The van der Waals surface area contributed by atoms with Crippen LogP contribution in [0.2, 0.25) is 0 Å². The van der Waals surface area contributed by atoms with E-state index >= 15 is 0 Å². The van der Waals surface area contributed by atoms with Crippen molar-refractivity contribution in [2.75, 3.05) is 18.0 Å². The van der Waals surface area contributed by atoms with Crippen molar-refractivity contribution in [2.45, 2.75) is 21.8 Å². The van der Waals surface area contributed by atoms with Crippen molar-refractivity contribution >= 4 is 84.9 Å². The Bertz CT molecular complexity index is 1720. The predicted molar refractivity (Wildman–Crippen MR) is 153 cm³/mol. The highest BCUT2D eigenvalue weighted by atomic mass is 32.2. The van der Waals surface area contributed by atoms with Crippen LogP contribution in [-0.2, 0) is 20.6 Å². The lowest BCUT2D eigenvalue weighted by molar-refractivity contribution is -0.156. The number of nitrogens with one attached hydrogen (secondary N) is 1. The van der Waals surface area contributed by atoms with Crippen LogP contribution >= 0.6 is 46.2 Å². The lowest BCUT2D eigenvalue weighted by Gasteiger charge is -2.53. The van der Waals surface area contributed by atoms with Gasteiger partial charge in [-0.1, -0.05) is 29.1 Å². The number of rotatable bonds is 7. The Hall–Kier alpha value is -3.61. The molecule has 2 unspecified atom stereocenters. The highest BCUT2D eigenvalue weighted by Gasteiger charge is 2.57. The fraction of sp³-hybridized carbons (Fsp3) is 0.250. The van der Waals surface area contributed by atoms with E-state index in [-0.39, 0.29) is 27.8 Å². The Morgan fingerprint density at radius 3 is 2.71 bits per heavy atom. The molecule has 0 saturated carbocycles. The first-order chi connectivity index (χ1) is 19.8. The number of alkyl halides is 3. The highest BCUT2D eigenvalue weighted by Crippen LogP contribution is 2.44. The number of oxime groups is 1. The predicted octanol–water partition coefficient (Wildman–Crippen LogP) is 3.27. The molecule has 3 aromatic rings. The van der Waals surface area contributed by atoms with Crippen LogP contribution in [0.25, 0.3) is 10.1 Å². The number of benzene rings is 1. The molecule has 11 nitrogen and oxygen atoms in total. The third-order valence-corrected chi connectivity index (χ3v) is 10.8. The molecule has 0 radical (unpaired) electrons. The molecule has 2 aliphatic rings. The minimum atomic E-state index is -4.69. The largest absolute Gasteiger partial charge is 0.481 e. The second-order valence-corrected chi connectivity index (χ2v) is 13.4. The smallest absolute Gasteiger partial charge is 0.417 e. The highest BCUT2D eigenvalue weighted by molar-refractivity contribution is 8.04. The summed E-state index contributed by atoms with van der Waals surface area (Å²) in [6.45, 7) is -0.200. The molecule has 2 aromatic heterocycles. The zero-order valence-corrected chi connectivity index (χ0v) is 24.1. The molecule has 3 atom stereocenters. The van der Waals surface area contributed by atoms with Crippen LogP contribution in [0, 0.1) is 5.41 Å². The number of β-lactam (4-membered cyclic amide) rings is 1. The van der Waals surface area contributed by atoms with Crippen LogP contribution in [0.5, 0.6) is 0 Å². The number of carbonyl (C=O) groups excluding carboxylic acids is 2. The van der Waals surface area contributed by atoms with Crippen molar-refractivity contribution in [1.29, 1.82) is 0 Å². The lowest BCUT2D eigenvalue weighted by Crippen LogP contribution is -2.73. The van der Waals surface area contributed by atoms with E-state index < -0.39 is 62.9 Å². The van der Waals surface area contributed by atoms with Gasteiger partial charge in [0.1, 0.15) is 22.5 Å². The number of carboxylic acids is 1. The molecule has 5 rings (SSSR count). The molecule has 18 heteroatoms. The van der Waals surface area contributed by atoms with Crippen LogP contribution in [0.3, 0.4) is 0 Å². The van der Waals surface area contributed by atoms with Gasteiger partial charge in [0, 0.05) is 28.4 Å². The van der Waals surface area contributed by atoms with Crippen LogP contribution in [0.15, 0.2) is 55.3 Å². The van der Waals surface area contributed by atoms with Crippen molar-refractivity contribution in [3.63, 3.8) is 0 Å². The molecule has 0 bridgehead atoms. The molecule has 2 fully saturated rings. The van der Waals surface area contributed by atoms with Crippen molar-refractivity contribution < 1.29 is 37.9 Å². The van der Waals surface area contributed by atoms with Gasteiger partial charge in [0.25, 0.3) is 5.91 Å². The monoisotopic (exact) mass is 657 g/mol. The van der Waals surface area contributed by atoms with Crippen molar-refractivity contribution in [3.8, 4) is 0 Å². The first-order valence-electron chi connectivity index (χ1n) is 11.7. The molecule has 2 aliphatic heterocycles. The van der Waals surface area contributed by atoms with Crippen molar-refractivity contribution in [3.05, 3.63) is 62.6 Å². The number of aromatic nitrogens is 1. The average molecular weight is 658 g/mol. The SMILES string of the molecule is Nc1nc(C(=NO)C(=O)NC2C(=O)N3CC(C=CSc4cc(=O)c5c(C(F)(F)F)cccc5s4)(C(=O)O)CS[C@H]23)cs1. The number of anilines is 1. The van der Waals surface area contributed by atoms with Crippen LogP contribution in [-0.4, -0.2) is 67.4 Å². The van der Waals surface area contributed by atoms with Gasteiger partial charge in [-0.25, -0.2) is 4.98 Å². The summed E-state index contributed by atoms with van der Waals surface area (Å²) in [5.41, 5.74) is 1.83. The normalized spacial score (nSPS) is 22.7. The molecule has 42 heavy (non-hydrogen) atoms. The van der Waals surface area contributed by atoms with E-state index in [1.165, 1.54) is 33.9 Å². The molecule has 1 aromatic carbocycles. The summed E-state index contributed by atoms with van der Waals surface area (Å²) in [5, 5.41) is 26.8. The van der Waals surface area contributed by atoms with E-state index in [1.54, 1.807) is 0 Å². The second kappa shape index (κ2) is 11.2. The molecule has 4 heterocycles. The number of hydrogen-bond donors (Lipinski definition) is 4. The molecular weight excluding hydrogens is 640 g/mol. The van der Waals surface area contributed by atoms with Crippen molar-refractivity contribution in [1.82, 2.24) is 15.2 Å². The Labute approximate surface area is 250 Å². The van der Waals surface area contributed by atoms with Crippen molar-refractivity contribution in [2.24, 2.45) is 10.6 Å². The van der Waals surface area contributed by atoms with Gasteiger partial charge in [-0.3, -0.25) is 19.2 Å². The number of amides is 2. The standard InChI is InChI=1S/C24H18F3N5O6S4/c25-24(26,27)10-2-1-3-13-15(10)12(33)6-14(42-13)39-5-4-23(21(36)37)8-32-19(35)17(20(32)41-9-23)30-18(34)16(31-38)11-7-40-22(28)29-11/h1-7,17,20,38H,8-9H2,(H2,28,29)(H,30,34)(H,36,37)/t17?,20-,23?/m1/s1. The topological polar surface area (TPSA) is 175 Å². The number of nitrogens with zero attached hydrogens (tertiary/aromatic N) is 3. The van der Waals surface area contributed by atoms with E-state index in [1.807, 2.05) is 0 Å². The van der Waals surface area contributed by atoms with Gasteiger partial charge in [0.15, 0.2) is 16.3 Å². The fourth-order valence-corrected chi connectivity index (χ4v) is 8.60. The first kappa shape index (κ1) is 29.9. The number of hydrogen-bond acceptors (Lipinski definition) is 12. The second-order valence-electron chi connectivity index (χ2n) is 9.13. The fourth-order valence-electron chi connectivity index (χ4n) is 4.43. The third-order valence-electron chi connectivity index (χ3n) is 6.51. The molecule has 2 amide bonds. The van der Waals surface area contributed by atoms with Gasteiger partial charge in [-0.2, -0.15) is 13.2 Å². The van der Waals surface area contributed by atoms with Gasteiger partial charge in [0.05, 0.1) is 15.2 Å². The molecule has 2 saturated heterocycles. The Morgan fingerprint density at radius 1 is 1.31 bits per heavy atom. The lowest BCUT2D eigenvalue weighted by atomic mass is 9.87. The van der Waals surface area contributed by atoms with Gasteiger partial charge in [-0.05, 0) is 17.5 Å². The molecular formula is C24H18F3N5O6S4. The molecule has 0 spiro atoms. The van der Waals surface area contributed by atoms with Crippen LogP contribution in [0.1, 0.15) is 11.3 Å². The summed E-state index contributed by atoms with van der Waals surface area (Å²) in [6.07, 6.45) is -3.30. The van der Waals surface area contributed by atoms with E-state index in [4.69, 9.17) is 5.73 Å². The maximum Gasteiger partial charge on any atom is 0.417 e. The minimum Gasteiger partial charge on any atom is -0.481 e. The maximum absolute atomic E-state index is 13.3. The zero-order valence-electron chi connectivity index (χ0n) is 20.8. The number of fused-ring (bicyclic) bond motifs is 2. The van der Waals surface area contributed by atoms with Gasteiger partial charge in [-0.15, -0.1) is 34.4 Å². The average Bonchev–Trinajstić information content (AvgIpc) is 3.36. The number of nitrogens with two attached hydrogens (primary N) is 1. The minimum absolute atomic E-state index is 0.0298. The van der Waals surface area contributed by atoms with E-state index in [0.29, 0.717) is 4.21 Å². The zero-order chi connectivity index (χ0) is 30.4. The quantitative estimate of drug-likeness (QED) is 0.0970. The van der Waals surface area contributed by atoms with Crippen LogP contribution in [0.4, 0.5) is 18.3 Å². The summed E-state index contributed by atoms with van der Waals surface area (Å²) >= 11 is 4.11. The summed E-state index contributed by atoms with van der Waals surface area (Å²) in [6, 6.07) is 3.56.